The van der Waals surface area contributed by atoms with Crippen molar-refractivity contribution >= 4 is 17.5 Å². The first kappa shape index (κ1) is 13.9. The van der Waals surface area contributed by atoms with Gasteiger partial charge in [0.05, 0.1) is 6.04 Å². The number of nitrogens with zero attached hydrogens (tertiary/aromatic N) is 1. The zero-order chi connectivity index (χ0) is 13.0. The molecule has 2 N–H and O–H groups in total. The van der Waals surface area contributed by atoms with Crippen molar-refractivity contribution in [1.82, 2.24) is 4.90 Å². The normalized spacial score (nSPS) is 12.3. The van der Waals surface area contributed by atoms with Crippen molar-refractivity contribution in [2.24, 2.45) is 5.73 Å². The van der Waals surface area contributed by atoms with Crippen molar-refractivity contribution in [3.05, 3.63) is 34.6 Å². The van der Waals surface area contributed by atoms with Gasteiger partial charge in [-0.3, -0.25) is 4.79 Å². The van der Waals surface area contributed by atoms with E-state index in [1.165, 1.54) is 17.0 Å². The van der Waals surface area contributed by atoms with E-state index < -0.39 is 11.9 Å². The number of hydrogen-bond acceptors (Lipinski definition) is 2. The summed E-state index contributed by atoms with van der Waals surface area (Å²) in [7, 11) is 1.58. The maximum Gasteiger partial charge on any atom is 0.239 e. The van der Waals surface area contributed by atoms with Crippen molar-refractivity contribution in [1.29, 1.82) is 0 Å². The van der Waals surface area contributed by atoms with Crippen LogP contribution in [0.4, 0.5) is 4.39 Å². The van der Waals surface area contributed by atoms with Crippen LogP contribution in [0.15, 0.2) is 18.2 Å². The third-order valence-electron chi connectivity index (χ3n) is 2.59. The smallest absolute Gasteiger partial charge is 0.239 e. The molecule has 5 heteroatoms. The zero-order valence-electron chi connectivity index (χ0n) is 9.91. The lowest BCUT2D eigenvalue weighted by atomic mass is 10.1. The second kappa shape index (κ2) is 5.98. The van der Waals surface area contributed by atoms with Gasteiger partial charge in [-0.15, -0.1) is 0 Å². The number of carbonyl (C=O) groups excluding carboxylic acids is 1. The number of benzene rings is 1. The Morgan fingerprint density at radius 3 is 2.76 bits per heavy atom. The van der Waals surface area contributed by atoms with Gasteiger partial charge in [-0.1, -0.05) is 24.6 Å². The molecule has 0 radical (unpaired) electrons. The zero-order valence-corrected chi connectivity index (χ0v) is 10.7. The fourth-order valence-electron chi connectivity index (χ4n) is 1.46. The number of halogens is 2. The summed E-state index contributed by atoms with van der Waals surface area (Å²) in [5.41, 5.74) is 5.94. The molecule has 1 atom stereocenters. The van der Waals surface area contributed by atoms with Gasteiger partial charge in [-0.2, -0.15) is 0 Å². The molecule has 0 fully saturated rings. The fourth-order valence-corrected chi connectivity index (χ4v) is 1.68. The van der Waals surface area contributed by atoms with Crippen LogP contribution >= 0.6 is 11.6 Å². The van der Waals surface area contributed by atoms with Crippen molar-refractivity contribution in [2.45, 2.75) is 25.9 Å². The quantitative estimate of drug-likeness (QED) is 0.900. The van der Waals surface area contributed by atoms with Crippen LogP contribution in [0.1, 0.15) is 18.9 Å². The molecule has 0 saturated carbocycles. The summed E-state index contributed by atoms with van der Waals surface area (Å²) >= 11 is 5.88. The molecule has 3 nitrogen and oxygen atoms in total. The highest BCUT2D eigenvalue weighted by molar-refractivity contribution is 6.31. The van der Waals surface area contributed by atoms with E-state index in [0.717, 1.165) is 0 Å². The molecule has 17 heavy (non-hydrogen) atoms. The van der Waals surface area contributed by atoms with Crippen LogP contribution in [0.2, 0.25) is 5.02 Å². The van der Waals surface area contributed by atoms with Crippen molar-refractivity contribution in [2.75, 3.05) is 7.05 Å². The fraction of sp³-hybridized carbons (Fsp3) is 0.417. The second-order valence-electron chi connectivity index (χ2n) is 3.91. The molecule has 0 unspecified atom stereocenters. The maximum atomic E-state index is 13.5. The van der Waals surface area contributed by atoms with Gasteiger partial charge in [0.25, 0.3) is 0 Å². The van der Waals surface area contributed by atoms with E-state index in [2.05, 4.69) is 0 Å². The lowest BCUT2D eigenvalue weighted by Crippen LogP contribution is -2.41. The minimum Gasteiger partial charge on any atom is -0.340 e. The number of rotatable bonds is 4. The van der Waals surface area contributed by atoms with E-state index >= 15 is 0 Å². The Labute approximate surface area is 105 Å². The second-order valence-corrected chi connectivity index (χ2v) is 4.32. The van der Waals surface area contributed by atoms with Gasteiger partial charge in [0.2, 0.25) is 5.91 Å². The third kappa shape index (κ3) is 3.41. The van der Waals surface area contributed by atoms with E-state index in [0.29, 0.717) is 17.0 Å². The largest absolute Gasteiger partial charge is 0.340 e. The Morgan fingerprint density at radius 1 is 1.59 bits per heavy atom. The van der Waals surface area contributed by atoms with E-state index in [1.54, 1.807) is 13.1 Å². The summed E-state index contributed by atoms with van der Waals surface area (Å²) in [6, 6.07) is 3.89. The van der Waals surface area contributed by atoms with Crippen LogP contribution in [0.5, 0.6) is 0 Å². The number of amides is 1. The molecule has 0 aromatic heterocycles. The standard InChI is InChI=1S/C12H16ClFN2O/c1-3-11(15)12(17)16(2)7-8-9(13)5-4-6-10(8)14/h4-6,11H,3,7,15H2,1-2H3/t11-/m1/s1. The first-order valence-electron chi connectivity index (χ1n) is 5.40. The van der Waals surface area contributed by atoms with Crippen LogP contribution in [-0.2, 0) is 11.3 Å². The van der Waals surface area contributed by atoms with Gasteiger partial charge in [-0.05, 0) is 18.6 Å². The number of likely N-dealkylation sites (N-methyl/N-ethyl adjacent to an activating group) is 1. The van der Waals surface area contributed by atoms with Crippen LogP contribution in [0, 0.1) is 5.82 Å². The van der Waals surface area contributed by atoms with Crippen LogP contribution < -0.4 is 5.73 Å². The Bertz CT molecular complexity index is 391. The summed E-state index contributed by atoms with van der Waals surface area (Å²) in [5, 5.41) is 0.315. The van der Waals surface area contributed by atoms with E-state index in [1.807, 2.05) is 6.92 Å². The lowest BCUT2D eigenvalue weighted by molar-refractivity contribution is -0.131. The molecule has 0 aliphatic rings. The number of carbonyl (C=O) groups is 1. The minimum absolute atomic E-state index is 0.123. The van der Waals surface area contributed by atoms with Gasteiger partial charge in [0, 0.05) is 24.2 Å². The molecule has 0 aliphatic carbocycles. The van der Waals surface area contributed by atoms with Crippen molar-refractivity contribution < 1.29 is 9.18 Å². The summed E-state index contributed by atoms with van der Waals surface area (Å²) in [5.74, 6) is -0.631. The molecule has 1 rings (SSSR count). The van der Waals surface area contributed by atoms with Crippen molar-refractivity contribution in [3.8, 4) is 0 Å². The number of nitrogens with two attached hydrogens (primary N) is 1. The summed E-state index contributed by atoms with van der Waals surface area (Å²) in [6.07, 6.45) is 0.550. The maximum absolute atomic E-state index is 13.5. The predicted molar refractivity (Wildman–Crippen MR) is 66.2 cm³/mol. The Hall–Kier alpha value is -1.13. The SMILES string of the molecule is CC[C@@H](N)C(=O)N(C)Cc1c(F)cccc1Cl. The van der Waals surface area contributed by atoms with Gasteiger partial charge >= 0.3 is 0 Å². The molecule has 1 aromatic rings. The van der Waals surface area contributed by atoms with Crippen LogP contribution in [-0.4, -0.2) is 23.9 Å². The van der Waals surface area contributed by atoms with Gasteiger partial charge in [0.1, 0.15) is 5.82 Å². The molecule has 0 bridgehead atoms. The molecular formula is C12H16ClFN2O. The molecule has 1 aromatic carbocycles. The average Bonchev–Trinajstić information content (AvgIpc) is 2.31. The van der Waals surface area contributed by atoms with E-state index in [4.69, 9.17) is 17.3 Å². The molecule has 94 valence electrons. The molecule has 0 heterocycles. The van der Waals surface area contributed by atoms with Gasteiger partial charge < -0.3 is 10.6 Å². The molecule has 0 spiro atoms. The predicted octanol–water partition coefficient (Wildman–Crippen LogP) is 2.17. The Balaban J connectivity index is 2.81. The van der Waals surface area contributed by atoms with Crippen molar-refractivity contribution in [3.63, 3.8) is 0 Å². The van der Waals surface area contributed by atoms with Gasteiger partial charge in [0.15, 0.2) is 0 Å². The first-order chi connectivity index (χ1) is 7.97. The Morgan fingerprint density at radius 2 is 2.24 bits per heavy atom. The third-order valence-corrected chi connectivity index (χ3v) is 2.94. The number of hydrogen-bond donors (Lipinski definition) is 1. The first-order valence-corrected chi connectivity index (χ1v) is 5.78. The molecule has 1 amide bonds. The average molecular weight is 259 g/mol. The monoisotopic (exact) mass is 258 g/mol. The molecule has 0 aliphatic heterocycles. The van der Waals surface area contributed by atoms with E-state index in [-0.39, 0.29) is 12.5 Å². The van der Waals surface area contributed by atoms with Gasteiger partial charge in [-0.25, -0.2) is 4.39 Å². The summed E-state index contributed by atoms with van der Waals surface area (Å²) in [4.78, 5) is 13.1. The molecular weight excluding hydrogens is 243 g/mol. The highest BCUT2D eigenvalue weighted by atomic mass is 35.5. The topological polar surface area (TPSA) is 46.3 Å². The van der Waals surface area contributed by atoms with Crippen LogP contribution in [0.3, 0.4) is 0 Å². The summed E-state index contributed by atoms with van der Waals surface area (Å²) < 4.78 is 13.5. The lowest BCUT2D eigenvalue weighted by Gasteiger charge is -2.21. The molecule has 0 saturated heterocycles. The highest BCUT2D eigenvalue weighted by Crippen LogP contribution is 2.20. The summed E-state index contributed by atoms with van der Waals surface area (Å²) in [6.45, 7) is 1.95. The van der Waals surface area contributed by atoms with E-state index in [9.17, 15) is 9.18 Å². The minimum atomic E-state index is -0.550. The van der Waals surface area contributed by atoms with Crippen LogP contribution in [0.25, 0.3) is 0 Å². The Kier molecular flexibility index (Phi) is 4.90. The highest BCUT2D eigenvalue weighted by Gasteiger charge is 2.18.